The number of phenolic OH excluding ortho intramolecular Hbond substituents is 1. The van der Waals surface area contributed by atoms with Crippen molar-refractivity contribution in [3.05, 3.63) is 114 Å². The SMILES string of the molecule is C.C=C(C1=NOCCO1)c1ccccc1O.CO/C=C(/COC=O)c1[c-]cccc1.COC(OC)C(COC=O)c1[c-]cccc1.[Na+].[Na+].[OH-].[OH-]. The van der Waals surface area contributed by atoms with Gasteiger partial charge in [0.15, 0.2) is 12.9 Å². The molecule has 0 aliphatic carbocycles. The Bertz CT molecular complexity index is 1360. The van der Waals surface area contributed by atoms with Gasteiger partial charge in [0.25, 0.3) is 18.8 Å². The summed E-state index contributed by atoms with van der Waals surface area (Å²) in [5, 5.41) is 13.3. The number of para-hydroxylation sites is 1. The third kappa shape index (κ3) is 19.3. The second kappa shape index (κ2) is 33.0. The third-order valence-corrected chi connectivity index (χ3v) is 5.94. The first-order chi connectivity index (χ1) is 22.0. The van der Waals surface area contributed by atoms with Gasteiger partial charge in [0, 0.05) is 37.5 Å². The fourth-order valence-electron chi connectivity index (χ4n) is 3.85. The summed E-state index contributed by atoms with van der Waals surface area (Å²) in [6.45, 7) is 5.93. The fraction of sp³-hybridized carbons (Fsp3) is 0.286. The molecule has 0 bridgehead atoms. The van der Waals surface area contributed by atoms with Crippen LogP contribution in [0.15, 0.2) is 90.8 Å². The third-order valence-electron chi connectivity index (χ3n) is 5.94. The van der Waals surface area contributed by atoms with Crippen LogP contribution in [0.25, 0.3) is 11.1 Å². The Morgan fingerprint density at radius 3 is 2.04 bits per heavy atom. The topological polar surface area (TPSA) is 191 Å². The summed E-state index contributed by atoms with van der Waals surface area (Å²) in [7, 11) is 4.64. The van der Waals surface area contributed by atoms with E-state index in [0.717, 1.165) is 16.7 Å². The van der Waals surface area contributed by atoms with Gasteiger partial charge in [-0.25, -0.2) is 0 Å². The molecule has 0 radical (unpaired) electrons. The first-order valence-corrected chi connectivity index (χ1v) is 13.6. The molecule has 1 atom stereocenters. The van der Waals surface area contributed by atoms with Crippen molar-refractivity contribution in [2.24, 2.45) is 5.16 Å². The number of oxime groups is 1. The Kier molecular flexibility index (Phi) is 35.3. The first kappa shape index (κ1) is 53.6. The number of rotatable bonds is 14. The Hall–Kier alpha value is -3.21. The number of nitrogens with zero attached hydrogens (tertiary/aromatic N) is 1. The number of carbonyl (C=O) groups is 2. The van der Waals surface area contributed by atoms with Gasteiger partial charge in [-0.3, -0.25) is 9.59 Å². The minimum Gasteiger partial charge on any atom is -0.870 e. The zero-order chi connectivity index (χ0) is 32.7. The Morgan fingerprint density at radius 1 is 0.920 bits per heavy atom. The average molecular weight is 716 g/mol. The Labute approximate surface area is 338 Å². The van der Waals surface area contributed by atoms with Gasteiger partial charge in [0.05, 0.1) is 13.7 Å². The standard InChI is InChI=1S/C12H15O4.C11H11NO3.C11H11O3.CH4.2Na.2H2O/c1-14-12(15-2)11(8-16-9-13)10-6-4-3-5-7-10;1-8(11-12-15-7-6-14-11)9-4-2-3-5-10(9)13;1-13-7-11(8-14-9-12)10-5-3-2-4-6-10;;;;;/h3-6,9,11-12H,8H2,1-2H3;2-5,13H,1,6-7H2;2-5,7,9H,8H2,1H3;1H4;;;2*1H2/q-1;;-1;;2*+1;;/p-2/b;;11-7-;;;;;. The largest absolute Gasteiger partial charge is 1.00 e. The minimum atomic E-state index is -0.460. The molecule has 1 aliphatic heterocycles. The maximum absolute atomic E-state index is 10.2. The van der Waals surface area contributed by atoms with Crippen molar-refractivity contribution in [1.82, 2.24) is 0 Å². The summed E-state index contributed by atoms with van der Waals surface area (Å²) in [5.41, 5.74) is 3.64. The van der Waals surface area contributed by atoms with Gasteiger partial charge in [-0.05, 0) is 16.8 Å². The van der Waals surface area contributed by atoms with Crippen LogP contribution in [0, 0.1) is 12.1 Å². The van der Waals surface area contributed by atoms with Gasteiger partial charge in [0.1, 0.15) is 19.0 Å². The number of benzene rings is 3. The van der Waals surface area contributed by atoms with Crippen molar-refractivity contribution >= 4 is 30.0 Å². The molecule has 0 saturated heterocycles. The zero-order valence-electron chi connectivity index (χ0n) is 28.3. The molecular weight excluding hydrogens is 672 g/mol. The average Bonchev–Trinajstić information content (AvgIpc) is 3.10. The molecule has 15 heteroatoms. The van der Waals surface area contributed by atoms with E-state index in [4.69, 9.17) is 28.5 Å². The van der Waals surface area contributed by atoms with Crippen molar-refractivity contribution in [1.29, 1.82) is 0 Å². The second-order valence-corrected chi connectivity index (χ2v) is 8.83. The molecule has 0 aromatic heterocycles. The van der Waals surface area contributed by atoms with Crippen LogP contribution in [0.3, 0.4) is 0 Å². The predicted octanol–water partition coefficient (Wildman–Crippen LogP) is -0.934. The molecule has 1 heterocycles. The van der Waals surface area contributed by atoms with E-state index in [0.29, 0.717) is 43.2 Å². The maximum atomic E-state index is 10.2. The molecule has 3 N–H and O–H groups in total. The molecule has 3 aromatic carbocycles. The van der Waals surface area contributed by atoms with E-state index < -0.39 is 6.29 Å². The van der Waals surface area contributed by atoms with Crippen molar-refractivity contribution in [3.63, 3.8) is 0 Å². The van der Waals surface area contributed by atoms with Crippen molar-refractivity contribution in [2.45, 2.75) is 19.6 Å². The van der Waals surface area contributed by atoms with Gasteiger partial charge in [0.2, 0.25) is 0 Å². The summed E-state index contributed by atoms with van der Waals surface area (Å²) in [4.78, 5) is 25.2. The molecular formula is C35H43NNa2O12-2. The number of carbonyl (C=O) groups excluding carboxylic acids is 2. The molecule has 0 saturated carbocycles. The number of phenols is 1. The van der Waals surface area contributed by atoms with E-state index >= 15 is 0 Å². The first-order valence-electron chi connectivity index (χ1n) is 13.6. The molecule has 3 aromatic rings. The van der Waals surface area contributed by atoms with Gasteiger partial charge >= 0.3 is 59.1 Å². The molecule has 0 spiro atoms. The van der Waals surface area contributed by atoms with Crippen molar-refractivity contribution < 1.29 is 118 Å². The van der Waals surface area contributed by atoms with Gasteiger partial charge in [-0.1, -0.05) is 32.2 Å². The summed E-state index contributed by atoms with van der Waals surface area (Å²) in [6, 6.07) is 27.8. The van der Waals surface area contributed by atoms with E-state index in [1.165, 1.54) is 6.26 Å². The van der Waals surface area contributed by atoms with Crippen LogP contribution < -0.4 is 59.1 Å². The molecule has 1 unspecified atom stereocenters. The number of hydrogen-bond donors (Lipinski definition) is 1. The fourth-order valence-corrected chi connectivity index (χ4v) is 3.85. The second-order valence-electron chi connectivity index (χ2n) is 8.83. The quantitative estimate of drug-likeness (QED) is 0.0710. The summed E-state index contributed by atoms with van der Waals surface area (Å²) >= 11 is 0. The van der Waals surface area contributed by atoms with E-state index in [1.54, 1.807) is 51.7 Å². The van der Waals surface area contributed by atoms with Gasteiger partial charge in [-0.2, -0.15) is 35.9 Å². The monoisotopic (exact) mass is 715 g/mol. The van der Waals surface area contributed by atoms with Crippen LogP contribution in [0.4, 0.5) is 0 Å². The normalized spacial score (nSPS) is 11.4. The van der Waals surface area contributed by atoms with Gasteiger partial charge in [-0.15, -0.1) is 35.9 Å². The predicted molar refractivity (Wildman–Crippen MR) is 177 cm³/mol. The van der Waals surface area contributed by atoms with E-state index in [1.807, 2.05) is 42.5 Å². The summed E-state index contributed by atoms with van der Waals surface area (Å²) < 4.78 is 29.9. The Morgan fingerprint density at radius 2 is 1.54 bits per heavy atom. The smallest absolute Gasteiger partial charge is 0.870 e. The molecule has 0 amide bonds. The van der Waals surface area contributed by atoms with Crippen molar-refractivity contribution in [3.8, 4) is 5.75 Å². The van der Waals surface area contributed by atoms with Crippen molar-refractivity contribution in [2.75, 3.05) is 47.8 Å². The van der Waals surface area contributed by atoms with Crippen LogP contribution >= 0.6 is 0 Å². The summed E-state index contributed by atoms with van der Waals surface area (Å²) in [6.07, 6.45) is 1.08. The number of ether oxygens (including phenoxy) is 6. The van der Waals surface area contributed by atoms with Crippen LogP contribution in [0.1, 0.15) is 30.0 Å². The summed E-state index contributed by atoms with van der Waals surface area (Å²) in [5.74, 6) is 0.295. The maximum Gasteiger partial charge on any atom is 1.00 e. The molecule has 13 nitrogen and oxygen atoms in total. The van der Waals surface area contributed by atoms with Crippen LogP contribution in [-0.2, 0) is 42.8 Å². The molecule has 4 rings (SSSR count). The molecule has 0 fully saturated rings. The van der Waals surface area contributed by atoms with Crippen LogP contribution in [-0.4, -0.2) is 88.9 Å². The molecule has 264 valence electrons. The number of aromatic hydroxyl groups is 1. The zero-order valence-corrected chi connectivity index (χ0v) is 32.3. The van der Waals surface area contributed by atoms with E-state index in [-0.39, 0.29) is 102 Å². The van der Waals surface area contributed by atoms with Crippen LogP contribution in [0.5, 0.6) is 5.75 Å². The van der Waals surface area contributed by atoms with E-state index in [9.17, 15) is 14.7 Å². The Balaban J connectivity index is -0.000000303. The molecule has 1 aliphatic rings. The number of hydrogen-bond acceptors (Lipinski definition) is 13. The molecule has 50 heavy (non-hydrogen) atoms. The van der Waals surface area contributed by atoms with E-state index in [2.05, 4.69) is 28.6 Å². The van der Waals surface area contributed by atoms with Gasteiger partial charge < -0.3 is 49.3 Å². The van der Waals surface area contributed by atoms with Crippen LogP contribution in [0.2, 0.25) is 0 Å². The minimum absolute atomic E-state index is 0. The number of methoxy groups -OCH3 is 3.